The molecule has 2 N–H and O–H groups in total. The minimum atomic E-state index is -3.99. The van der Waals surface area contributed by atoms with Crippen LogP contribution in [-0.2, 0) is 19.6 Å². The summed E-state index contributed by atoms with van der Waals surface area (Å²) in [5.41, 5.74) is 0.461. The van der Waals surface area contributed by atoms with E-state index in [2.05, 4.69) is 4.72 Å². The number of benzene rings is 1. The van der Waals surface area contributed by atoms with Crippen LogP contribution in [0.5, 0.6) is 0 Å². The number of hydrogen-bond donors (Lipinski definition) is 2. The van der Waals surface area contributed by atoms with E-state index in [1.807, 2.05) is 0 Å². The van der Waals surface area contributed by atoms with Crippen LogP contribution < -0.4 is 4.72 Å². The fourth-order valence-electron chi connectivity index (χ4n) is 2.08. The molecule has 1 aliphatic rings. The summed E-state index contributed by atoms with van der Waals surface area (Å²) >= 11 is 0. The second-order valence-electron chi connectivity index (χ2n) is 4.61. The number of sulfonamides is 1. The van der Waals surface area contributed by atoms with E-state index < -0.39 is 34.0 Å². The van der Waals surface area contributed by atoms with Crippen molar-refractivity contribution in [3.05, 3.63) is 29.6 Å². The monoisotopic (exact) mass is 303 g/mol. The standard InChI is InChI=1S/C12H14FNO5S/c1-7-4-8(13)6-9(5-7)20(17,18)14-10-2-3-19-11(10)12(15)16/h4-6,10-11,14H,2-3H2,1H3,(H,15,16)/t10-,11+/m1/s1. The molecule has 2 atom stereocenters. The van der Waals surface area contributed by atoms with Crippen LogP contribution in [0.2, 0.25) is 0 Å². The highest BCUT2D eigenvalue weighted by Gasteiger charge is 2.37. The molecule has 0 radical (unpaired) electrons. The van der Waals surface area contributed by atoms with Crippen LogP contribution in [-0.4, -0.2) is 38.2 Å². The molecule has 1 fully saturated rings. The average Bonchev–Trinajstić information content (AvgIpc) is 2.75. The third kappa shape index (κ3) is 3.14. The SMILES string of the molecule is Cc1cc(F)cc(S(=O)(=O)N[C@@H]2CCO[C@@H]2C(=O)O)c1. The van der Waals surface area contributed by atoms with Gasteiger partial charge >= 0.3 is 5.97 Å². The fraction of sp³-hybridized carbons (Fsp3) is 0.417. The lowest BCUT2D eigenvalue weighted by Gasteiger charge is -2.16. The van der Waals surface area contributed by atoms with Gasteiger partial charge in [0, 0.05) is 6.61 Å². The van der Waals surface area contributed by atoms with Crippen LogP contribution in [0.4, 0.5) is 4.39 Å². The van der Waals surface area contributed by atoms with Crippen molar-refractivity contribution in [1.29, 1.82) is 0 Å². The Kier molecular flexibility index (Phi) is 4.07. The molecule has 1 heterocycles. The lowest BCUT2D eigenvalue weighted by Crippen LogP contribution is -2.44. The minimum absolute atomic E-state index is 0.159. The number of nitrogens with one attached hydrogen (secondary N) is 1. The first-order valence-electron chi connectivity index (χ1n) is 5.93. The molecule has 6 nitrogen and oxygen atoms in total. The Balaban J connectivity index is 2.25. The third-order valence-electron chi connectivity index (χ3n) is 2.97. The van der Waals surface area contributed by atoms with E-state index in [0.29, 0.717) is 5.56 Å². The Morgan fingerprint density at radius 1 is 1.45 bits per heavy atom. The van der Waals surface area contributed by atoms with Crippen LogP contribution in [0, 0.1) is 12.7 Å². The van der Waals surface area contributed by atoms with Crippen molar-refractivity contribution in [2.75, 3.05) is 6.61 Å². The van der Waals surface area contributed by atoms with Crippen LogP contribution in [0.15, 0.2) is 23.1 Å². The summed E-state index contributed by atoms with van der Waals surface area (Å²) in [5, 5.41) is 8.92. The maximum atomic E-state index is 13.3. The molecule has 0 spiro atoms. The summed E-state index contributed by atoms with van der Waals surface area (Å²) in [6.45, 7) is 1.73. The van der Waals surface area contributed by atoms with E-state index >= 15 is 0 Å². The molecule has 1 saturated heterocycles. The summed E-state index contributed by atoms with van der Waals surface area (Å²) in [6, 6.07) is 2.55. The zero-order chi connectivity index (χ0) is 14.9. The molecule has 110 valence electrons. The molecule has 1 aromatic carbocycles. The highest BCUT2D eigenvalue weighted by atomic mass is 32.2. The number of rotatable bonds is 4. The topological polar surface area (TPSA) is 92.7 Å². The molecule has 0 aromatic heterocycles. The van der Waals surface area contributed by atoms with Gasteiger partial charge in [0.25, 0.3) is 0 Å². The number of aliphatic carboxylic acids is 1. The number of carbonyl (C=O) groups is 1. The third-order valence-corrected chi connectivity index (χ3v) is 4.44. The number of carboxylic acids is 1. The number of carboxylic acid groups (broad SMARTS) is 1. The largest absolute Gasteiger partial charge is 0.479 e. The molecule has 0 saturated carbocycles. The molecule has 0 unspecified atom stereocenters. The van der Waals surface area contributed by atoms with E-state index in [4.69, 9.17) is 9.84 Å². The summed E-state index contributed by atoms with van der Waals surface area (Å²) in [7, 11) is -3.99. The predicted octanol–water partition coefficient (Wildman–Crippen LogP) is 0.655. The average molecular weight is 303 g/mol. The molecule has 20 heavy (non-hydrogen) atoms. The number of aryl methyl sites for hydroxylation is 1. The molecule has 2 rings (SSSR count). The lowest BCUT2D eigenvalue weighted by molar-refractivity contribution is -0.148. The fourth-order valence-corrected chi connectivity index (χ4v) is 3.46. The first-order chi connectivity index (χ1) is 9.29. The van der Waals surface area contributed by atoms with E-state index in [1.165, 1.54) is 12.1 Å². The Bertz CT molecular complexity index is 610. The molecule has 8 heteroatoms. The second-order valence-corrected chi connectivity index (χ2v) is 6.32. The van der Waals surface area contributed by atoms with Gasteiger partial charge in [0.05, 0.1) is 10.9 Å². The second kappa shape index (κ2) is 5.47. The van der Waals surface area contributed by atoms with Gasteiger partial charge in [0.1, 0.15) is 5.82 Å². The van der Waals surface area contributed by atoms with Gasteiger partial charge in [-0.3, -0.25) is 0 Å². The van der Waals surface area contributed by atoms with Crippen molar-refractivity contribution in [3.8, 4) is 0 Å². The molecule has 0 bridgehead atoms. The Hall–Kier alpha value is -1.51. The maximum absolute atomic E-state index is 13.3. The molecular weight excluding hydrogens is 289 g/mol. The lowest BCUT2D eigenvalue weighted by atomic mass is 10.1. The van der Waals surface area contributed by atoms with Gasteiger partial charge in [0.2, 0.25) is 10.0 Å². The first-order valence-corrected chi connectivity index (χ1v) is 7.42. The van der Waals surface area contributed by atoms with E-state index in [9.17, 15) is 17.6 Å². The van der Waals surface area contributed by atoms with Gasteiger partial charge in [-0.1, -0.05) is 0 Å². The van der Waals surface area contributed by atoms with Crippen molar-refractivity contribution < 1.29 is 27.4 Å². The minimum Gasteiger partial charge on any atom is -0.479 e. The Labute approximate surface area is 115 Å². The van der Waals surface area contributed by atoms with Gasteiger partial charge < -0.3 is 9.84 Å². The molecular formula is C12H14FNO5S. The summed E-state index contributed by atoms with van der Waals surface area (Å²) < 4.78 is 44.7. The van der Waals surface area contributed by atoms with Crippen LogP contribution in [0.3, 0.4) is 0 Å². The van der Waals surface area contributed by atoms with Gasteiger partial charge in [0.15, 0.2) is 6.10 Å². The van der Waals surface area contributed by atoms with Gasteiger partial charge in [-0.25, -0.2) is 22.3 Å². The zero-order valence-electron chi connectivity index (χ0n) is 10.7. The Morgan fingerprint density at radius 2 is 2.15 bits per heavy atom. The van der Waals surface area contributed by atoms with E-state index in [0.717, 1.165) is 6.07 Å². The van der Waals surface area contributed by atoms with Crippen molar-refractivity contribution in [2.45, 2.75) is 30.4 Å². The first kappa shape index (κ1) is 14.9. The van der Waals surface area contributed by atoms with Gasteiger partial charge in [-0.05, 0) is 37.1 Å². The summed E-state index contributed by atoms with van der Waals surface area (Å²) in [6.07, 6.45) is -0.968. The molecule has 0 aliphatic carbocycles. The number of hydrogen-bond acceptors (Lipinski definition) is 4. The summed E-state index contributed by atoms with van der Waals surface area (Å²) in [5.74, 6) is -1.89. The van der Waals surface area contributed by atoms with Crippen molar-refractivity contribution in [3.63, 3.8) is 0 Å². The quantitative estimate of drug-likeness (QED) is 0.852. The van der Waals surface area contributed by atoms with Crippen LogP contribution in [0.25, 0.3) is 0 Å². The Morgan fingerprint density at radius 3 is 2.75 bits per heavy atom. The highest BCUT2D eigenvalue weighted by molar-refractivity contribution is 7.89. The number of halogens is 1. The maximum Gasteiger partial charge on any atom is 0.334 e. The van der Waals surface area contributed by atoms with E-state index in [-0.39, 0.29) is 17.9 Å². The molecule has 0 amide bonds. The van der Waals surface area contributed by atoms with Gasteiger partial charge in [-0.2, -0.15) is 0 Å². The van der Waals surface area contributed by atoms with Crippen molar-refractivity contribution >= 4 is 16.0 Å². The summed E-state index contributed by atoms with van der Waals surface area (Å²) in [4.78, 5) is 10.7. The smallest absolute Gasteiger partial charge is 0.334 e. The van der Waals surface area contributed by atoms with Crippen LogP contribution >= 0.6 is 0 Å². The normalized spacial score (nSPS) is 22.9. The predicted molar refractivity (Wildman–Crippen MR) is 67.2 cm³/mol. The van der Waals surface area contributed by atoms with Crippen molar-refractivity contribution in [1.82, 2.24) is 4.72 Å². The van der Waals surface area contributed by atoms with Crippen molar-refractivity contribution in [2.24, 2.45) is 0 Å². The number of ether oxygens (including phenoxy) is 1. The van der Waals surface area contributed by atoms with Gasteiger partial charge in [-0.15, -0.1) is 0 Å². The van der Waals surface area contributed by atoms with Crippen LogP contribution in [0.1, 0.15) is 12.0 Å². The molecule has 1 aromatic rings. The molecule has 1 aliphatic heterocycles. The highest BCUT2D eigenvalue weighted by Crippen LogP contribution is 2.19. The zero-order valence-corrected chi connectivity index (χ0v) is 11.5. The van der Waals surface area contributed by atoms with E-state index in [1.54, 1.807) is 6.92 Å².